The highest BCUT2D eigenvalue weighted by molar-refractivity contribution is 5.26. The van der Waals surface area contributed by atoms with Crippen molar-refractivity contribution in [1.29, 1.82) is 0 Å². The fourth-order valence-electron chi connectivity index (χ4n) is 3.11. The standard InChI is InChI=1S/C17H23N3/c1-13-7-5-6-8-14(13)11-12-16-18-17(20-19-16)15-9-3-2-4-10-15/h5-8,15H,2-4,9-12H2,1H3,(H,18,19,20). The summed E-state index contributed by atoms with van der Waals surface area (Å²) in [4.78, 5) is 4.71. The molecule has 106 valence electrons. The average Bonchev–Trinajstić information content (AvgIpc) is 2.96. The van der Waals surface area contributed by atoms with E-state index in [-0.39, 0.29) is 0 Å². The van der Waals surface area contributed by atoms with Gasteiger partial charge in [0.1, 0.15) is 5.82 Å². The second-order valence-electron chi connectivity index (χ2n) is 5.90. The minimum atomic E-state index is 0.590. The van der Waals surface area contributed by atoms with Gasteiger partial charge in [0.15, 0.2) is 5.82 Å². The van der Waals surface area contributed by atoms with Crippen LogP contribution in [0.15, 0.2) is 24.3 Å². The third-order valence-corrected chi connectivity index (χ3v) is 4.41. The Hall–Kier alpha value is -1.64. The Balaban J connectivity index is 1.61. The highest BCUT2D eigenvalue weighted by Crippen LogP contribution is 2.30. The number of H-pyrrole nitrogens is 1. The van der Waals surface area contributed by atoms with E-state index in [0.29, 0.717) is 5.92 Å². The maximum Gasteiger partial charge on any atom is 0.153 e. The molecule has 0 radical (unpaired) electrons. The number of nitrogens with one attached hydrogen (secondary N) is 1. The van der Waals surface area contributed by atoms with Crippen LogP contribution in [0.25, 0.3) is 0 Å². The van der Waals surface area contributed by atoms with E-state index < -0.39 is 0 Å². The summed E-state index contributed by atoms with van der Waals surface area (Å²) in [6.07, 6.45) is 8.54. The van der Waals surface area contributed by atoms with Gasteiger partial charge in [-0.3, -0.25) is 5.10 Å². The van der Waals surface area contributed by atoms with Gasteiger partial charge >= 0.3 is 0 Å². The molecule has 1 saturated carbocycles. The fourth-order valence-corrected chi connectivity index (χ4v) is 3.11. The summed E-state index contributed by atoms with van der Waals surface area (Å²) in [5.74, 6) is 2.67. The lowest BCUT2D eigenvalue weighted by Gasteiger charge is -2.18. The van der Waals surface area contributed by atoms with Gasteiger partial charge in [-0.05, 0) is 37.3 Å². The number of rotatable bonds is 4. The first-order valence-corrected chi connectivity index (χ1v) is 7.78. The van der Waals surface area contributed by atoms with Gasteiger partial charge < -0.3 is 0 Å². The Bertz CT molecular complexity index is 553. The van der Waals surface area contributed by atoms with Crippen LogP contribution in [0.3, 0.4) is 0 Å². The molecule has 0 aliphatic heterocycles. The Kier molecular flexibility index (Phi) is 4.14. The van der Waals surface area contributed by atoms with Gasteiger partial charge in [-0.1, -0.05) is 43.5 Å². The Morgan fingerprint density at radius 1 is 1.10 bits per heavy atom. The lowest BCUT2D eigenvalue weighted by molar-refractivity contribution is 0.429. The van der Waals surface area contributed by atoms with Crippen LogP contribution in [0.5, 0.6) is 0 Å². The summed E-state index contributed by atoms with van der Waals surface area (Å²) in [7, 11) is 0. The molecule has 1 aromatic carbocycles. The van der Waals surface area contributed by atoms with Gasteiger partial charge in [0.2, 0.25) is 0 Å². The second-order valence-corrected chi connectivity index (χ2v) is 5.90. The van der Waals surface area contributed by atoms with Gasteiger partial charge in [-0.15, -0.1) is 0 Å². The Morgan fingerprint density at radius 2 is 1.90 bits per heavy atom. The predicted octanol–water partition coefficient (Wildman–Crippen LogP) is 3.95. The maximum atomic E-state index is 4.71. The maximum absolute atomic E-state index is 4.71. The van der Waals surface area contributed by atoms with E-state index in [4.69, 9.17) is 4.98 Å². The molecule has 0 unspecified atom stereocenters. The Morgan fingerprint density at radius 3 is 2.70 bits per heavy atom. The molecule has 0 bridgehead atoms. The smallest absolute Gasteiger partial charge is 0.153 e. The molecule has 3 nitrogen and oxygen atoms in total. The van der Waals surface area contributed by atoms with Crippen LogP contribution in [0, 0.1) is 6.92 Å². The van der Waals surface area contributed by atoms with Crippen molar-refractivity contribution in [3.8, 4) is 0 Å². The molecule has 1 aliphatic rings. The second kappa shape index (κ2) is 6.21. The molecule has 1 N–H and O–H groups in total. The molecule has 1 aliphatic carbocycles. The van der Waals surface area contributed by atoms with Gasteiger partial charge in [0.25, 0.3) is 0 Å². The van der Waals surface area contributed by atoms with Crippen LogP contribution in [0.2, 0.25) is 0 Å². The molecule has 2 aromatic rings. The Labute approximate surface area is 120 Å². The highest BCUT2D eigenvalue weighted by Gasteiger charge is 2.19. The molecule has 1 fully saturated rings. The van der Waals surface area contributed by atoms with Crippen molar-refractivity contribution < 1.29 is 0 Å². The van der Waals surface area contributed by atoms with Crippen molar-refractivity contribution in [1.82, 2.24) is 15.2 Å². The molecular weight excluding hydrogens is 246 g/mol. The minimum Gasteiger partial charge on any atom is -0.263 e. The van der Waals surface area contributed by atoms with Crippen molar-refractivity contribution in [3.63, 3.8) is 0 Å². The third-order valence-electron chi connectivity index (χ3n) is 4.41. The molecule has 20 heavy (non-hydrogen) atoms. The summed E-state index contributed by atoms with van der Waals surface area (Å²) in [6, 6.07) is 8.57. The number of aromatic amines is 1. The molecule has 1 aromatic heterocycles. The number of nitrogens with zero attached hydrogens (tertiary/aromatic N) is 2. The van der Waals surface area contributed by atoms with Crippen LogP contribution in [-0.2, 0) is 12.8 Å². The molecule has 0 amide bonds. The molecule has 3 heteroatoms. The summed E-state index contributed by atoms with van der Waals surface area (Å²) < 4.78 is 0. The SMILES string of the molecule is Cc1ccccc1CCc1nc(C2CCCCC2)n[nH]1. The summed E-state index contributed by atoms with van der Waals surface area (Å²) in [5, 5.41) is 7.57. The molecular formula is C17H23N3. The first-order valence-electron chi connectivity index (χ1n) is 7.78. The summed E-state index contributed by atoms with van der Waals surface area (Å²) in [6.45, 7) is 2.17. The minimum absolute atomic E-state index is 0.590. The first-order chi connectivity index (χ1) is 9.83. The lowest BCUT2D eigenvalue weighted by atomic mass is 9.89. The fraction of sp³-hybridized carbons (Fsp3) is 0.529. The third kappa shape index (κ3) is 3.09. The monoisotopic (exact) mass is 269 g/mol. The van der Waals surface area contributed by atoms with Crippen molar-refractivity contribution in [2.24, 2.45) is 0 Å². The number of aromatic nitrogens is 3. The van der Waals surface area contributed by atoms with Gasteiger partial charge in [0, 0.05) is 12.3 Å². The molecule has 3 rings (SSSR count). The zero-order chi connectivity index (χ0) is 13.8. The summed E-state index contributed by atoms with van der Waals surface area (Å²) >= 11 is 0. The average molecular weight is 269 g/mol. The van der Waals surface area contributed by atoms with Crippen LogP contribution in [0.4, 0.5) is 0 Å². The van der Waals surface area contributed by atoms with Crippen LogP contribution < -0.4 is 0 Å². The van der Waals surface area contributed by atoms with E-state index in [1.54, 1.807) is 0 Å². The number of hydrogen-bond acceptors (Lipinski definition) is 2. The highest BCUT2D eigenvalue weighted by atomic mass is 15.2. The quantitative estimate of drug-likeness (QED) is 0.913. The van der Waals surface area contributed by atoms with Crippen LogP contribution in [0.1, 0.15) is 60.8 Å². The van der Waals surface area contributed by atoms with E-state index >= 15 is 0 Å². The van der Waals surface area contributed by atoms with Gasteiger partial charge in [0.05, 0.1) is 0 Å². The largest absolute Gasteiger partial charge is 0.263 e. The number of benzene rings is 1. The van der Waals surface area contributed by atoms with E-state index in [1.165, 1.54) is 43.2 Å². The zero-order valence-corrected chi connectivity index (χ0v) is 12.2. The number of aryl methyl sites for hydroxylation is 3. The normalized spacial score (nSPS) is 16.4. The van der Waals surface area contributed by atoms with E-state index in [0.717, 1.165) is 24.5 Å². The molecule has 0 atom stereocenters. The van der Waals surface area contributed by atoms with Gasteiger partial charge in [-0.2, -0.15) is 5.10 Å². The van der Waals surface area contributed by atoms with Crippen LogP contribution in [-0.4, -0.2) is 15.2 Å². The van der Waals surface area contributed by atoms with Crippen LogP contribution >= 0.6 is 0 Å². The van der Waals surface area contributed by atoms with Crippen molar-refractivity contribution in [3.05, 3.63) is 47.0 Å². The topological polar surface area (TPSA) is 41.6 Å². The van der Waals surface area contributed by atoms with Crippen molar-refractivity contribution in [2.75, 3.05) is 0 Å². The molecule has 0 saturated heterocycles. The summed E-state index contributed by atoms with van der Waals surface area (Å²) in [5.41, 5.74) is 2.77. The first kappa shape index (κ1) is 13.3. The van der Waals surface area contributed by atoms with E-state index in [2.05, 4.69) is 41.4 Å². The predicted molar refractivity (Wildman–Crippen MR) is 80.8 cm³/mol. The van der Waals surface area contributed by atoms with E-state index in [9.17, 15) is 0 Å². The van der Waals surface area contributed by atoms with E-state index in [1.807, 2.05) is 0 Å². The van der Waals surface area contributed by atoms with Gasteiger partial charge in [-0.25, -0.2) is 4.98 Å². The molecule has 0 spiro atoms. The number of hydrogen-bond donors (Lipinski definition) is 1. The lowest BCUT2D eigenvalue weighted by Crippen LogP contribution is -2.06. The zero-order valence-electron chi connectivity index (χ0n) is 12.2. The van der Waals surface area contributed by atoms with Crippen molar-refractivity contribution in [2.45, 2.75) is 57.8 Å². The van der Waals surface area contributed by atoms with Crippen molar-refractivity contribution >= 4 is 0 Å². The molecule has 1 heterocycles.